The lowest BCUT2D eigenvalue weighted by atomic mass is 10.2. The van der Waals surface area contributed by atoms with E-state index in [0.717, 1.165) is 16.9 Å². The van der Waals surface area contributed by atoms with Crippen molar-refractivity contribution >= 4 is 35.1 Å². The van der Waals surface area contributed by atoms with Gasteiger partial charge in [-0.2, -0.15) is 0 Å². The SMILES string of the molecule is CCCC1NC(=O)N(CC(=O)Nc2ccc(C)cc2Cl)C1=O. The standard InChI is InChI=1S/C15H18ClN3O3/c1-3-4-12-14(21)19(15(22)18-12)8-13(20)17-11-6-5-9(2)7-10(11)16/h5-7,12H,3-4,8H2,1-2H3,(H,17,20)(H,18,22). The van der Waals surface area contributed by atoms with E-state index < -0.39 is 18.0 Å². The van der Waals surface area contributed by atoms with E-state index in [1.54, 1.807) is 12.1 Å². The number of nitrogens with one attached hydrogen (secondary N) is 2. The van der Waals surface area contributed by atoms with Crippen LogP contribution in [0.4, 0.5) is 10.5 Å². The van der Waals surface area contributed by atoms with Gasteiger partial charge in [-0.3, -0.25) is 14.5 Å². The molecule has 0 aliphatic carbocycles. The minimum atomic E-state index is -0.534. The highest BCUT2D eigenvalue weighted by Crippen LogP contribution is 2.22. The van der Waals surface area contributed by atoms with Crippen molar-refractivity contribution in [2.45, 2.75) is 32.7 Å². The Kier molecular flexibility index (Phi) is 5.03. The molecule has 2 rings (SSSR count). The third-order valence-electron chi connectivity index (χ3n) is 3.38. The van der Waals surface area contributed by atoms with Gasteiger partial charge in [0.05, 0.1) is 10.7 Å². The molecule has 1 atom stereocenters. The monoisotopic (exact) mass is 323 g/mol. The molecule has 2 N–H and O–H groups in total. The first kappa shape index (κ1) is 16.3. The van der Waals surface area contributed by atoms with Crippen molar-refractivity contribution in [3.8, 4) is 0 Å². The van der Waals surface area contributed by atoms with E-state index in [-0.39, 0.29) is 12.5 Å². The summed E-state index contributed by atoms with van der Waals surface area (Å²) in [5.41, 5.74) is 1.42. The number of hydrogen-bond donors (Lipinski definition) is 2. The second kappa shape index (κ2) is 6.79. The van der Waals surface area contributed by atoms with E-state index >= 15 is 0 Å². The highest BCUT2D eigenvalue weighted by molar-refractivity contribution is 6.33. The van der Waals surface area contributed by atoms with Crippen LogP contribution in [0, 0.1) is 6.92 Å². The molecule has 1 fully saturated rings. The summed E-state index contributed by atoms with van der Waals surface area (Å²) in [6.45, 7) is 3.49. The highest BCUT2D eigenvalue weighted by atomic mass is 35.5. The van der Waals surface area contributed by atoms with Gasteiger partial charge in [-0.05, 0) is 31.0 Å². The number of hydrogen-bond acceptors (Lipinski definition) is 3. The number of aryl methyl sites for hydroxylation is 1. The van der Waals surface area contributed by atoms with Gasteiger partial charge >= 0.3 is 6.03 Å². The normalized spacial score (nSPS) is 17.6. The third kappa shape index (κ3) is 3.57. The first-order valence-corrected chi connectivity index (χ1v) is 7.48. The maximum Gasteiger partial charge on any atom is 0.325 e. The Morgan fingerprint density at radius 2 is 2.14 bits per heavy atom. The van der Waals surface area contributed by atoms with E-state index in [0.29, 0.717) is 17.1 Å². The van der Waals surface area contributed by atoms with Gasteiger partial charge in [0, 0.05) is 0 Å². The van der Waals surface area contributed by atoms with Gasteiger partial charge < -0.3 is 10.6 Å². The van der Waals surface area contributed by atoms with E-state index in [9.17, 15) is 14.4 Å². The molecule has 1 aromatic rings. The van der Waals surface area contributed by atoms with Crippen LogP contribution in [0.5, 0.6) is 0 Å². The number of urea groups is 1. The molecular formula is C15H18ClN3O3. The van der Waals surface area contributed by atoms with Gasteiger partial charge in [0.2, 0.25) is 5.91 Å². The summed E-state index contributed by atoms with van der Waals surface area (Å²) < 4.78 is 0. The molecule has 1 heterocycles. The Morgan fingerprint density at radius 1 is 1.41 bits per heavy atom. The van der Waals surface area contributed by atoms with Crippen LogP contribution in [0.25, 0.3) is 0 Å². The zero-order valence-electron chi connectivity index (χ0n) is 12.5. The lowest BCUT2D eigenvalue weighted by molar-refractivity contribution is -0.130. The van der Waals surface area contributed by atoms with E-state index in [1.807, 2.05) is 19.9 Å². The molecule has 118 valence electrons. The van der Waals surface area contributed by atoms with Gasteiger partial charge in [0.15, 0.2) is 0 Å². The summed E-state index contributed by atoms with van der Waals surface area (Å²) in [4.78, 5) is 36.7. The second-order valence-electron chi connectivity index (χ2n) is 5.25. The van der Waals surface area contributed by atoms with Crippen LogP contribution < -0.4 is 10.6 Å². The summed E-state index contributed by atoms with van der Waals surface area (Å²) in [6.07, 6.45) is 1.34. The quantitative estimate of drug-likeness (QED) is 0.816. The predicted molar refractivity (Wildman–Crippen MR) is 83.8 cm³/mol. The number of carbonyl (C=O) groups excluding carboxylic acids is 3. The predicted octanol–water partition coefficient (Wildman–Crippen LogP) is 2.31. The molecule has 0 radical (unpaired) electrons. The molecule has 1 aliphatic heterocycles. The molecule has 22 heavy (non-hydrogen) atoms. The molecular weight excluding hydrogens is 306 g/mol. The number of benzene rings is 1. The number of rotatable bonds is 5. The molecule has 1 aliphatic rings. The zero-order valence-corrected chi connectivity index (χ0v) is 13.2. The maximum absolute atomic E-state index is 12.0. The number of nitrogens with zero attached hydrogens (tertiary/aromatic N) is 1. The van der Waals surface area contributed by atoms with Crippen molar-refractivity contribution in [1.29, 1.82) is 0 Å². The van der Waals surface area contributed by atoms with Crippen molar-refractivity contribution in [3.63, 3.8) is 0 Å². The first-order chi connectivity index (χ1) is 10.4. The highest BCUT2D eigenvalue weighted by Gasteiger charge is 2.38. The van der Waals surface area contributed by atoms with Crippen LogP contribution in [-0.4, -0.2) is 35.3 Å². The van der Waals surface area contributed by atoms with Crippen LogP contribution in [0.1, 0.15) is 25.3 Å². The summed E-state index contributed by atoms with van der Waals surface area (Å²) in [6, 6.07) is 4.15. The van der Waals surface area contributed by atoms with Gasteiger partial charge in [-0.25, -0.2) is 4.79 Å². The number of imide groups is 1. The van der Waals surface area contributed by atoms with Gasteiger partial charge in [0.25, 0.3) is 5.91 Å². The van der Waals surface area contributed by atoms with Crippen LogP contribution in [-0.2, 0) is 9.59 Å². The maximum atomic E-state index is 12.0. The Bertz CT molecular complexity index is 618. The average molecular weight is 324 g/mol. The minimum Gasteiger partial charge on any atom is -0.326 e. The summed E-state index contributed by atoms with van der Waals surface area (Å²) in [5, 5.41) is 5.59. The zero-order chi connectivity index (χ0) is 16.3. The largest absolute Gasteiger partial charge is 0.326 e. The van der Waals surface area contributed by atoms with Gasteiger partial charge in [0.1, 0.15) is 12.6 Å². The van der Waals surface area contributed by atoms with Gasteiger partial charge in [-0.1, -0.05) is 31.0 Å². The number of amides is 4. The Morgan fingerprint density at radius 3 is 2.77 bits per heavy atom. The van der Waals surface area contributed by atoms with Crippen molar-refractivity contribution in [3.05, 3.63) is 28.8 Å². The smallest absolute Gasteiger partial charge is 0.325 e. The fourth-order valence-corrected chi connectivity index (χ4v) is 2.55. The molecule has 7 heteroatoms. The van der Waals surface area contributed by atoms with Gasteiger partial charge in [-0.15, -0.1) is 0 Å². The average Bonchev–Trinajstić information content (AvgIpc) is 2.70. The van der Waals surface area contributed by atoms with Crippen molar-refractivity contribution in [2.24, 2.45) is 0 Å². The van der Waals surface area contributed by atoms with E-state index in [2.05, 4.69) is 10.6 Å². The van der Waals surface area contributed by atoms with Crippen LogP contribution in [0.2, 0.25) is 5.02 Å². The lowest BCUT2D eigenvalue weighted by Gasteiger charge is -2.13. The third-order valence-corrected chi connectivity index (χ3v) is 3.70. The Hall–Kier alpha value is -2.08. The first-order valence-electron chi connectivity index (χ1n) is 7.10. The summed E-state index contributed by atoms with van der Waals surface area (Å²) in [5.74, 6) is -0.830. The van der Waals surface area contributed by atoms with Crippen molar-refractivity contribution in [1.82, 2.24) is 10.2 Å². The molecule has 1 saturated heterocycles. The summed E-state index contributed by atoms with van der Waals surface area (Å²) >= 11 is 6.04. The fraction of sp³-hybridized carbons (Fsp3) is 0.400. The number of carbonyl (C=O) groups is 3. The minimum absolute atomic E-state index is 0.324. The second-order valence-corrected chi connectivity index (χ2v) is 5.65. The molecule has 0 spiro atoms. The topological polar surface area (TPSA) is 78.5 Å². The lowest BCUT2D eigenvalue weighted by Crippen LogP contribution is -2.38. The van der Waals surface area contributed by atoms with Crippen LogP contribution >= 0.6 is 11.6 Å². The Balaban J connectivity index is 2.00. The number of anilines is 1. The number of halogens is 1. The Labute approximate surface area is 133 Å². The van der Waals surface area contributed by atoms with Crippen LogP contribution in [0.15, 0.2) is 18.2 Å². The molecule has 0 saturated carbocycles. The van der Waals surface area contributed by atoms with Crippen molar-refractivity contribution in [2.75, 3.05) is 11.9 Å². The molecule has 6 nitrogen and oxygen atoms in total. The summed E-state index contributed by atoms with van der Waals surface area (Å²) in [7, 11) is 0. The van der Waals surface area contributed by atoms with Crippen LogP contribution in [0.3, 0.4) is 0 Å². The molecule has 1 aromatic carbocycles. The molecule has 4 amide bonds. The fourth-order valence-electron chi connectivity index (χ4n) is 2.27. The van der Waals surface area contributed by atoms with E-state index in [4.69, 9.17) is 11.6 Å². The van der Waals surface area contributed by atoms with E-state index in [1.165, 1.54) is 0 Å². The molecule has 0 bridgehead atoms. The van der Waals surface area contributed by atoms with Crippen molar-refractivity contribution < 1.29 is 14.4 Å². The molecule has 0 aromatic heterocycles. The molecule has 1 unspecified atom stereocenters.